The van der Waals surface area contributed by atoms with Crippen LogP contribution in [0.25, 0.3) is 0 Å². The zero-order valence-corrected chi connectivity index (χ0v) is 12.5. The Morgan fingerprint density at radius 2 is 1.85 bits per heavy atom. The standard InChI is InChI=1S/C15H20N2O2S/c1-11(18)16-13-6-8-14(9-7-13)20-10-15(19)17-12-4-2-3-5-12/h6-9,12H,2-5,10H2,1H3,(H,16,18)(H,17,19). The van der Waals surface area contributed by atoms with Gasteiger partial charge in [-0.2, -0.15) is 0 Å². The summed E-state index contributed by atoms with van der Waals surface area (Å²) in [5.74, 6) is 0.463. The van der Waals surface area contributed by atoms with E-state index in [-0.39, 0.29) is 11.8 Å². The second kappa shape index (κ2) is 7.33. The van der Waals surface area contributed by atoms with Crippen molar-refractivity contribution in [2.24, 2.45) is 0 Å². The average molecular weight is 292 g/mol. The first kappa shape index (κ1) is 14.9. The summed E-state index contributed by atoms with van der Waals surface area (Å²) >= 11 is 1.51. The molecule has 4 nitrogen and oxygen atoms in total. The van der Waals surface area contributed by atoms with Crippen LogP contribution in [0.4, 0.5) is 5.69 Å². The number of thioether (sulfide) groups is 1. The van der Waals surface area contributed by atoms with E-state index in [1.54, 1.807) is 0 Å². The molecular weight excluding hydrogens is 272 g/mol. The number of hydrogen-bond donors (Lipinski definition) is 2. The summed E-state index contributed by atoms with van der Waals surface area (Å²) in [5, 5.41) is 5.79. The minimum atomic E-state index is -0.0821. The molecule has 0 heterocycles. The van der Waals surface area contributed by atoms with Gasteiger partial charge in [0.2, 0.25) is 11.8 Å². The van der Waals surface area contributed by atoms with Gasteiger partial charge in [-0.3, -0.25) is 9.59 Å². The Hall–Kier alpha value is -1.49. The largest absolute Gasteiger partial charge is 0.353 e. The smallest absolute Gasteiger partial charge is 0.230 e. The van der Waals surface area contributed by atoms with Gasteiger partial charge in [0.15, 0.2) is 0 Å². The summed E-state index contributed by atoms with van der Waals surface area (Å²) in [6.45, 7) is 1.48. The summed E-state index contributed by atoms with van der Waals surface area (Å²) < 4.78 is 0. The third-order valence-corrected chi connectivity index (χ3v) is 4.28. The quantitative estimate of drug-likeness (QED) is 0.820. The highest BCUT2D eigenvalue weighted by atomic mass is 32.2. The minimum absolute atomic E-state index is 0.0821. The number of nitrogens with one attached hydrogen (secondary N) is 2. The van der Waals surface area contributed by atoms with Crippen LogP contribution in [0.1, 0.15) is 32.6 Å². The van der Waals surface area contributed by atoms with Crippen LogP contribution in [0.15, 0.2) is 29.2 Å². The summed E-state index contributed by atoms with van der Waals surface area (Å²) in [4.78, 5) is 23.7. The topological polar surface area (TPSA) is 58.2 Å². The molecule has 1 aromatic rings. The lowest BCUT2D eigenvalue weighted by molar-refractivity contribution is -0.119. The SMILES string of the molecule is CC(=O)Nc1ccc(SCC(=O)NC2CCCC2)cc1. The van der Waals surface area contributed by atoms with E-state index in [0.717, 1.165) is 23.4 Å². The molecule has 0 unspecified atom stereocenters. The fourth-order valence-corrected chi connectivity index (χ4v) is 3.04. The van der Waals surface area contributed by atoms with Crippen molar-refractivity contribution in [2.75, 3.05) is 11.1 Å². The Morgan fingerprint density at radius 3 is 2.45 bits per heavy atom. The van der Waals surface area contributed by atoms with Gasteiger partial charge in [0, 0.05) is 23.5 Å². The molecule has 0 saturated heterocycles. The lowest BCUT2D eigenvalue weighted by Crippen LogP contribution is -2.33. The number of carbonyl (C=O) groups is 2. The fraction of sp³-hybridized carbons (Fsp3) is 0.467. The molecule has 0 aromatic heterocycles. The van der Waals surface area contributed by atoms with Crippen LogP contribution in [0.3, 0.4) is 0 Å². The van der Waals surface area contributed by atoms with E-state index in [1.807, 2.05) is 24.3 Å². The van der Waals surface area contributed by atoms with E-state index in [1.165, 1.54) is 31.5 Å². The maximum absolute atomic E-state index is 11.8. The molecule has 0 radical (unpaired) electrons. The second-order valence-corrected chi connectivity index (χ2v) is 6.09. The monoisotopic (exact) mass is 292 g/mol. The molecule has 1 aliphatic rings. The first-order valence-corrected chi connectivity index (χ1v) is 7.92. The van der Waals surface area contributed by atoms with Gasteiger partial charge >= 0.3 is 0 Å². The van der Waals surface area contributed by atoms with Crippen LogP contribution in [-0.2, 0) is 9.59 Å². The van der Waals surface area contributed by atoms with Crippen molar-refractivity contribution in [3.63, 3.8) is 0 Å². The number of benzene rings is 1. The zero-order chi connectivity index (χ0) is 14.4. The molecule has 108 valence electrons. The van der Waals surface area contributed by atoms with E-state index >= 15 is 0 Å². The molecule has 20 heavy (non-hydrogen) atoms. The molecule has 2 amide bonds. The lowest BCUT2D eigenvalue weighted by atomic mass is 10.2. The van der Waals surface area contributed by atoms with Gasteiger partial charge in [0.1, 0.15) is 0 Å². The predicted octanol–water partition coefficient (Wildman–Crippen LogP) is 2.80. The van der Waals surface area contributed by atoms with Gasteiger partial charge in [-0.1, -0.05) is 12.8 Å². The van der Waals surface area contributed by atoms with Crippen molar-refractivity contribution in [1.29, 1.82) is 0 Å². The van der Waals surface area contributed by atoms with Crippen molar-refractivity contribution >= 4 is 29.3 Å². The molecule has 1 aromatic carbocycles. The Kier molecular flexibility index (Phi) is 5.47. The summed E-state index contributed by atoms with van der Waals surface area (Å²) in [6, 6.07) is 7.90. The van der Waals surface area contributed by atoms with Crippen LogP contribution in [0, 0.1) is 0 Å². The lowest BCUT2D eigenvalue weighted by Gasteiger charge is -2.11. The highest BCUT2D eigenvalue weighted by molar-refractivity contribution is 8.00. The average Bonchev–Trinajstić information content (AvgIpc) is 2.90. The van der Waals surface area contributed by atoms with Gasteiger partial charge in [0.05, 0.1) is 5.75 Å². The van der Waals surface area contributed by atoms with E-state index in [9.17, 15) is 9.59 Å². The molecular formula is C15H20N2O2S. The Labute approximate surface area is 123 Å². The zero-order valence-electron chi connectivity index (χ0n) is 11.6. The normalized spacial score (nSPS) is 15.1. The van der Waals surface area contributed by atoms with Crippen molar-refractivity contribution in [1.82, 2.24) is 5.32 Å². The maximum atomic E-state index is 11.8. The predicted molar refractivity (Wildman–Crippen MR) is 81.9 cm³/mol. The molecule has 0 spiro atoms. The summed E-state index contributed by atoms with van der Waals surface area (Å²) in [7, 11) is 0. The van der Waals surface area contributed by atoms with Crippen molar-refractivity contribution in [2.45, 2.75) is 43.5 Å². The molecule has 5 heteroatoms. The molecule has 1 fully saturated rings. The fourth-order valence-electron chi connectivity index (χ4n) is 2.33. The van der Waals surface area contributed by atoms with Gasteiger partial charge in [-0.05, 0) is 37.1 Å². The Bertz CT molecular complexity index is 467. The van der Waals surface area contributed by atoms with Crippen molar-refractivity contribution < 1.29 is 9.59 Å². The number of hydrogen-bond acceptors (Lipinski definition) is 3. The van der Waals surface area contributed by atoms with E-state index in [2.05, 4.69) is 10.6 Å². The maximum Gasteiger partial charge on any atom is 0.230 e. The van der Waals surface area contributed by atoms with Crippen molar-refractivity contribution in [3.8, 4) is 0 Å². The van der Waals surface area contributed by atoms with Gasteiger partial charge in [-0.15, -0.1) is 11.8 Å². The third-order valence-electron chi connectivity index (χ3n) is 3.26. The molecule has 2 rings (SSSR count). The number of rotatable bonds is 5. The third kappa shape index (κ3) is 4.89. The summed E-state index contributed by atoms with van der Waals surface area (Å²) in [5.41, 5.74) is 0.775. The Morgan fingerprint density at radius 1 is 1.20 bits per heavy atom. The highest BCUT2D eigenvalue weighted by Gasteiger charge is 2.16. The van der Waals surface area contributed by atoms with Crippen molar-refractivity contribution in [3.05, 3.63) is 24.3 Å². The van der Waals surface area contributed by atoms with Gasteiger partial charge in [0.25, 0.3) is 0 Å². The van der Waals surface area contributed by atoms with Crippen LogP contribution in [0.2, 0.25) is 0 Å². The van der Waals surface area contributed by atoms with E-state index < -0.39 is 0 Å². The van der Waals surface area contributed by atoms with Crippen LogP contribution < -0.4 is 10.6 Å². The van der Waals surface area contributed by atoms with Crippen LogP contribution >= 0.6 is 11.8 Å². The molecule has 0 atom stereocenters. The second-order valence-electron chi connectivity index (χ2n) is 5.04. The molecule has 1 aliphatic carbocycles. The van der Waals surface area contributed by atoms with Gasteiger partial charge in [-0.25, -0.2) is 0 Å². The first-order valence-electron chi connectivity index (χ1n) is 6.93. The number of amides is 2. The highest BCUT2D eigenvalue weighted by Crippen LogP contribution is 2.21. The minimum Gasteiger partial charge on any atom is -0.353 e. The number of anilines is 1. The first-order chi connectivity index (χ1) is 9.63. The van der Waals surface area contributed by atoms with Gasteiger partial charge < -0.3 is 10.6 Å². The molecule has 2 N–H and O–H groups in total. The van der Waals surface area contributed by atoms with E-state index in [0.29, 0.717) is 11.8 Å². The molecule has 1 saturated carbocycles. The molecule has 0 bridgehead atoms. The Balaban J connectivity index is 1.75. The van der Waals surface area contributed by atoms with Crippen LogP contribution in [0.5, 0.6) is 0 Å². The molecule has 0 aliphatic heterocycles. The van der Waals surface area contributed by atoms with Crippen LogP contribution in [-0.4, -0.2) is 23.6 Å². The summed E-state index contributed by atoms with van der Waals surface area (Å²) in [6.07, 6.45) is 4.68. The number of carbonyl (C=O) groups excluding carboxylic acids is 2. The van der Waals surface area contributed by atoms with E-state index in [4.69, 9.17) is 0 Å².